The van der Waals surface area contributed by atoms with Gasteiger partial charge in [0.15, 0.2) is 18.8 Å². The summed E-state index contributed by atoms with van der Waals surface area (Å²) in [5.41, 5.74) is 5.64. The first-order valence-corrected chi connectivity index (χ1v) is 13.4. The van der Waals surface area contributed by atoms with E-state index in [1.54, 1.807) is 0 Å². The Morgan fingerprint density at radius 3 is 2.12 bits per heavy atom. The van der Waals surface area contributed by atoms with Crippen LogP contribution in [0.25, 0.3) is 0 Å². The standard InChI is InChI=1S/C23H38N4O16/c1-6-11(30)13(32)17(36)22(39-6)43-19-14(33)12(31)9(4-28)41-23(19)42-18-10(5-29)40-20(16(35)15(18)34)27-3-7(25-26-27)2-8(24)21(37)38/h3,6,8-20,22-23,28-36H,2,4-5,24H2,1H3,(H,37,38)/t6-,8-,9+,10+,11+,12-,13+,14-,15+,16+,17-,18+,19+,20+,22-,23-/m0/s1. The van der Waals surface area contributed by atoms with E-state index in [2.05, 4.69) is 10.3 Å². The minimum atomic E-state index is -1.86. The Morgan fingerprint density at radius 1 is 0.860 bits per heavy atom. The van der Waals surface area contributed by atoms with Crippen molar-refractivity contribution in [2.24, 2.45) is 5.73 Å². The molecule has 3 aliphatic rings. The third-order valence-electron chi connectivity index (χ3n) is 7.62. The Labute approximate surface area is 243 Å². The number of carbonyl (C=O) groups is 1. The van der Waals surface area contributed by atoms with Crippen LogP contribution in [0.4, 0.5) is 0 Å². The van der Waals surface area contributed by atoms with Crippen molar-refractivity contribution in [3.05, 3.63) is 11.9 Å². The number of ether oxygens (including phenoxy) is 5. The summed E-state index contributed by atoms with van der Waals surface area (Å²) in [5.74, 6) is -1.28. The molecule has 0 amide bonds. The van der Waals surface area contributed by atoms with Crippen molar-refractivity contribution in [1.82, 2.24) is 15.0 Å². The summed E-state index contributed by atoms with van der Waals surface area (Å²) in [5, 5.41) is 110. The Balaban J connectivity index is 1.53. The Hall–Kier alpha value is -1.99. The molecule has 0 unspecified atom stereocenters. The molecule has 16 atom stereocenters. The molecule has 3 aliphatic heterocycles. The second-order valence-corrected chi connectivity index (χ2v) is 10.7. The fourth-order valence-corrected chi connectivity index (χ4v) is 5.04. The second-order valence-electron chi connectivity index (χ2n) is 10.7. The first-order chi connectivity index (χ1) is 20.3. The molecule has 20 nitrogen and oxygen atoms in total. The van der Waals surface area contributed by atoms with Gasteiger partial charge < -0.3 is 80.5 Å². The zero-order chi connectivity index (χ0) is 31.7. The second kappa shape index (κ2) is 14.0. The van der Waals surface area contributed by atoms with Gasteiger partial charge in [-0.3, -0.25) is 4.79 Å². The van der Waals surface area contributed by atoms with E-state index in [-0.39, 0.29) is 12.1 Å². The maximum absolute atomic E-state index is 11.0. The molecule has 3 fully saturated rings. The summed E-state index contributed by atoms with van der Waals surface area (Å²) in [6, 6.07) is -1.28. The van der Waals surface area contributed by atoms with Gasteiger partial charge in [-0.1, -0.05) is 5.21 Å². The molecule has 0 spiro atoms. The van der Waals surface area contributed by atoms with Crippen LogP contribution < -0.4 is 5.73 Å². The van der Waals surface area contributed by atoms with Crippen LogP contribution in [0.1, 0.15) is 18.8 Å². The highest BCUT2D eigenvalue weighted by Crippen LogP contribution is 2.34. The molecule has 0 bridgehead atoms. The minimum Gasteiger partial charge on any atom is -0.480 e. The van der Waals surface area contributed by atoms with Gasteiger partial charge in [-0.25, -0.2) is 4.68 Å². The molecule has 0 saturated carbocycles. The maximum atomic E-state index is 11.0. The molecule has 12 N–H and O–H groups in total. The molecule has 20 heteroatoms. The van der Waals surface area contributed by atoms with E-state index in [9.17, 15) is 50.8 Å². The highest BCUT2D eigenvalue weighted by atomic mass is 16.8. The average molecular weight is 627 g/mol. The first-order valence-electron chi connectivity index (χ1n) is 13.4. The van der Waals surface area contributed by atoms with Crippen molar-refractivity contribution >= 4 is 5.97 Å². The van der Waals surface area contributed by atoms with Crippen LogP contribution in [0.3, 0.4) is 0 Å². The molecule has 1 aromatic heterocycles. The van der Waals surface area contributed by atoms with Crippen molar-refractivity contribution in [3.8, 4) is 0 Å². The van der Waals surface area contributed by atoms with Crippen molar-refractivity contribution in [3.63, 3.8) is 0 Å². The van der Waals surface area contributed by atoms with Crippen molar-refractivity contribution < 1.29 is 79.5 Å². The molecule has 4 rings (SSSR count). The predicted molar refractivity (Wildman–Crippen MR) is 132 cm³/mol. The molecule has 1 aromatic rings. The lowest BCUT2D eigenvalue weighted by molar-refractivity contribution is -0.382. The quantitative estimate of drug-likeness (QED) is 0.115. The number of hydrogen-bond donors (Lipinski definition) is 11. The van der Waals surface area contributed by atoms with E-state index in [1.807, 2.05) is 0 Å². The van der Waals surface area contributed by atoms with Crippen molar-refractivity contribution in [2.75, 3.05) is 13.2 Å². The summed E-state index contributed by atoms with van der Waals surface area (Å²) in [6.07, 6.45) is -23.2. The predicted octanol–water partition coefficient (Wildman–Crippen LogP) is -7.12. The third-order valence-corrected chi connectivity index (χ3v) is 7.62. The third kappa shape index (κ3) is 6.98. The number of aliphatic hydroxyl groups excluding tert-OH is 9. The first kappa shape index (κ1) is 33.9. The molecular formula is C23H38N4O16. The summed E-state index contributed by atoms with van der Waals surface area (Å²) in [7, 11) is 0. The van der Waals surface area contributed by atoms with Crippen LogP contribution >= 0.6 is 0 Å². The van der Waals surface area contributed by atoms with Crippen LogP contribution in [0.5, 0.6) is 0 Å². The topological polar surface area (TPSA) is 322 Å². The number of aromatic nitrogens is 3. The van der Waals surface area contributed by atoms with E-state index >= 15 is 0 Å². The number of rotatable bonds is 10. The molecular weight excluding hydrogens is 588 g/mol. The van der Waals surface area contributed by atoms with Gasteiger partial charge in [-0.2, -0.15) is 0 Å². The normalized spacial score (nSPS) is 44.7. The molecule has 0 radical (unpaired) electrons. The van der Waals surface area contributed by atoms with Crippen molar-refractivity contribution in [1.29, 1.82) is 0 Å². The number of aliphatic hydroxyl groups is 9. The van der Waals surface area contributed by atoms with E-state index < -0.39 is 117 Å². The average Bonchev–Trinajstić information content (AvgIpc) is 3.44. The van der Waals surface area contributed by atoms with Gasteiger partial charge in [0.2, 0.25) is 0 Å². The monoisotopic (exact) mass is 626 g/mol. The van der Waals surface area contributed by atoms with Crippen LogP contribution in [0.15, 0.2) is 6.20 Å². The molecule has 43 heavy (non-hydrogen) atoms. The zero-order valence-corrected chi connectivity index (χ0v) is 22.8. The fraction of sp³-hybridized carbons (Fsp3) is 0.870. The zero-order valence-electron chi connectivity index (χ0n) is 22.8. The Bertz CT molecular complexity index is 1070. The highest BCUT2D eigenvalue weighted by molar-refractivity contribution is 5.73. The molecule has 0 aliphatic carbocycles. The number of aliphatic carboxylic acids is 1. The van der Waals surface area contributed by atoms with Gasteiger partial charge in [0.25, 0.3) is 0 Å². The van der Waals surface area contributed by atoms with Crippen LogP contribution in [-0.2, 0) is 34.9 Å². The van der Waals surface area contributed by atoms with Gasteiger partial charge in [0.05, 0.1) is 31.2 Å². The minimum absolute atomic E-state index is 0.136. The van der Waals surface area contributed by atoms with Crippen LogP contribution in [0, 0.1) is 0 Å². The van der Waals surface area contributed by atoms with Gasteiger partial charge in [0.1, 0.15) is 73.2 Å². The number of carboxylic acids is 1. The highest BCUT2D eigenvalue weighted by Gasteiger charge is 2.54. The number of nitrogens with two attached hydrogens (primary N) is 1. The van der Waals surface area contributed by atoms with Crippen LogP contribution in [-0.4, -0.2) is 177 Å². The van der Waals surface area contributed by atoms with E-state index in [0.717, 1.165) is 4.68 Å². The largest absolute Gasteiger partial charge is 0.480 e. The summed E-state index contributed by atoms with van der Waals surface area (Å²) >= 11 is 0. The van der Waals surface area contributed by atoms with E-state index in [4.69, 9.17) is 34.5 Å². The summed E-state index contributed by atoms with van der Waals surface area (Å²) in [6.45, 7) is -0.213. The maximum Gasteiger partial charge on any atom is 0.320 e. The molecule has 0 aromatic carbocycles. The van der Waals surface area contributed by atoms with Gasteiger partial charge in [-0.15, -0.1) is 5.10 Å². The number of carboxylic acid groups (broad SMARTS) is 1. The summed E-state index contributed by atoms with van der Waals surface area (Å²) in [4.78, 5) is 11.0. The lowest BCUT2D eigenvalue weighted by Gasteiger charge is -2.48. The summed E-state index contributed by atoms with van der Waals surface area (Å²) < 4.78 is 29.1. The Morgan fingerprint density at radius 2 is 1.49 bits per heavy atom. The lowest BCUT2D eigenvalue weighted by atomic mass is 9.96. The van der Waals surface area contributed by atoms with Crippen LogP contribution in [0.2, 0.25) is 0 Å². The molecule has 3 saturated heterocycles. The number of nitrogens with zero attached hydrogens (tertiary/aromatic N) is 3. The Kier molecular flexibility index (Phi) is 11.0. The van der Waals surface area contributed by atoms with E-state index in [0.29, 0.717) is 0 Å². The fourth-order valence-electron chi connectivity index (χ4n) is 5.04. The van der Waals surface area contributed by atoms with Crippen molar-refractivity contribution in [2.45, 2.75) is 111 Å². The number of hydrogen-bond acceptors (Lipinski definition) is 18. The lowest BCUT2D eigenvalue weighted by Crippen LogP contribution is -2.66. The van der Waals surface area contributed by atoms with E-state index in [1.165, 1.54) is 13.1 Å². The SMILES string of the molecule is C[C@@H]1O[C@@H](O[C@H]2[C@H](O[C@H]3[C@H](O)[C@@H](O)[C@H](n4cc(C[C@H](N)C(=O)O)nn4)O[C@@H]3CO)O[C@H](CO)[C@H](O)[C@@H]2O)[C@@H](O)[C@H](O)[C@@H]1O. The van der Waals surface area contributed by atoms with Gasteiger partial charge in [-0.05, 0) is 6.92 Å². The van der Waals surface area contributed by atoms with Gasteiger partial charge >= 0.3 is 5.97 Å². The molecule has 246 valence electrons. The molecule has 4 heterocycles. The smallest absolute Gasteiger partial charge is 0.320 e. The van der Waals surface area contributed by atoms with Gasteiger partial charge in [0, 0.05) is 6.42 Å².